The molecule has 1 aromatic carbocycles. The van der Waals surface area contributed by atoms with Crippen molar-refractivity contribution in [2.75, 3.05) is 0 Å². The van der Waals surface area contributed by atoms with Gasteiger partial charge in [0.2, 0.25) is 0 Å². The minimum Gasteiger partial charge on any atom is -0.545 e. The van der Waals surface area contributed by atoms with E-state index in [1.807, 2.05) is 12.1 Å². The van der Waals surface area contributed by atoms with Gasteiger partial charge in [-0.3, -0.25) is 0 Å². The van der Waals surface area contributed by atoms with Gasteiger partial charge in [0, 0.05) is 6.42 Å². The van der Waals surface area contributed by atoms with Gasteiger partial charge in [-0.25, -0.2) is 4.39 Å². The number of carbonyl (C=O) groups excluding carboxylic acids is 1. The van der Waals surface area contributed by atoms with E-state index in [0.717, 1.165) is 18.4 Å². The Morgan fingerprint density at radius 2 is 1.93 bits per heavy atom. The fourth-order valence-electron chi connectivity index (χ4n) is 4.81. The third kappa shape index (κ3) is 7.23. The molecular formula is C24H32FNaO4. The molecule has 6 heteroatoms. The van der Waals surface area contributed by atoms with Gasteiger partial charge < -0.3 is 20.1 Å². The van der Waals surface area contributed by atoms with Crippen molar-refractivity contribution in [3.8, 4) is 0 Å². The first kappa shape index (κ1) is 26.9. The molecule has 2 N–H and O–H groups in total. The number of carbonyl (C=O) groups is 1. The molecule has 0 aliphatic heterocycles. The summed E-state index contributed by atoms with van der Waals surface area (Å²) in [6, 6.07) is 5.20. The topological polar surface area (TPSA) is 80.6 Å². The van der Waals surface area contributed by atoms with Crippen molar-refractivity contribution in [1.29, 1.82) is 0 Å². The van der Waals surface area contributed by atoms with Crippen LogP contribution in [0.1, 0.15) is 70.9 Å². The molecule has 0 saturated carbocycles. The fraction of sp³-hybridized carbons (Fsp3) is 0.542. The molecule has 0 radical (unpaired) electrons. The number of benzene rings is 1. The van der Waals surface area contributed by atoms with Crippen LogP contribution in [0.3, 0.4) is 0 Å². The smallest absolute Gasteiger partial charge is 0.545 e. The summed E-state index contributed by atoms with van der Waals surface area (Å²) >= 11 is 0. The Morgan fingerprint density at radius 3 is 2.50 bits per heavy atom. The van der Waals surface area contributed by atoms with Gasteiger partial charge >= 0.3 is 29.6 Å². The molecule has 0 aromatic heterocycles. The summed E-state index contributed by atoms with van der Waals surface area (Å²) in [7, 11) is 0. The second-order valence-corrected chi connectivity index (χ2v) is 9.67. The summed E-state index contributed by atoms with van der Waals surface area (Å²) in [5, 5.41) is 30.4. The summed E-state index contributed by atoms with van der Waals surface area (Å²) in [4.78, 5) is 10.5. The van der Waals surface area contributed by atoms with E-state index in [9.17, 15) is 24.5 Å². The summed E-state index contributed by atoms with van der Waals surface area (Å²) < 4.78 is 13.8. The summed E-state index contributed by atoms with van der Waals surface area (Å²) in [5.74, 6) is -2.11. The normalized spacial score (nSPS) is 19.2. The molecule has 160 valence electrons. The maximum atomic E-state index is 13.8. The Morgan fingerprint density at radius 1 is 1.30 bits per heavy atom. The molecule has 0 saturated heterocycles. The molecule has 0 amide bonds. The maximum absolute atomic E-state index is 13.8. The van der Waals surface area contributed by atoms with Crippen LogP contribution in [0, 0.1) is 23.6 Å². The number of aliphatic hydroxyl groups is 2. The number of carboxylic acid groups (broad SMARTS) is 1. The molecule has 0 bridgehead atoms. The minimum atomic E-state index is -1.48. The zero-order valence-corrected chi connectivity index (χ0v) is 21.0. The van der Waals surface area contributed by atoms with E-state index in [-0.39, 0.29) is 52.6 Å². The number of aryl methyl sites for hydroxylation is 1. The average molecular weight is 427 g/mol. The van der Waals surface area contributed by atoms with Crippen LogP contribution in [-0.2, 0) is 4.79 Å². The van der Waals surface area contributed by atoms with Crippen LogP contribution in [-0.4, -0.2) is 22.3 Å². The van der Waals surface area contributed by atoms with E-state index in [1.165, 1.54) is 17.2 Å². The minimum absolute atomic E-state index is 0. The Hall–Kier alpha value is -1.14. The van der Waals surface area contributed by atoms with Gasteiger partial charge in [0.15, 0.2) is 0 Å². The molecule has 4 nitrogen and oxygen atoms in total. The molecule has 1 aliphatic rings. The van der Waals surface area contributed by atoms with Crippen molar-refractivity contribution in [2.45, 2.75) is 72.8 Å². The van der Waals surface area contributed by atoms with E-state index in [2.05, 4.69) is 27.7 Å². The summed E-state index contributed by atoms with van der Waals surface area (Å²) in [5.41, 5.74) is 4.03. The van der Waals surface area contributed by atoms with Gasteiger partial charge in [-0.15, -0.1) is 0 Å². The predicted molar refractivity (Wildman–Crippen MR) is 110 cm³/mol. The molecule has 2 rings (SSSR count). The van der Waals surface area contributed by atoms with Crippen LogP contribution in [0.4, 0.5) is 4.39 Å². The summed E-state index contributed by atoms with van der Waals surface area (Å²) in [6.07, 6.45) is 2.48. The van der Waals surface area contributed by atoms with Crippen LogP contribution in [0.5, 0.6) is 0 Å². The average Bonchev–Trinajstić information content (AvgIpc) is 2.53. The van der Waals surface area contributed by atoms with Crippen molar-refractivity contribution >= 4 is 11.5 Å². The Bertz CT molecular complexity index is 840. The number of aliphatic hydroxyl groups excluding tert-OH is 2. The number of aliphatic carboxylic acids is 1. The second-order valence-electron chi connectivity index (χ2n) is 9.67. The number of rotatable bonds is 7. The third-order valence-electron chi connectivity index (χ3n) is 5.72. The number of hydrogen-bond acceptors (Lipinski definition) is 4. The van der Waals surface area contributed by atoms with Gasteiger partial charge in [0.05, 0.1) is 17.8 Å². The SMILES string of the molecule is Cc1cc(C2=C(CCC(O)C/C(O)=C\C(=O)[O-])C(C)(C)CC(C)(C)C2)ccc1F.[Na+]. The van der Waals surface area contributed by atoms with Gasteiger partial charge in [-0.1, -0.05) is 39.3 Å². The zero-order chi connectivity index (χ0) is 22.0. The van der Waals surface area contributed by atoms with Gasteiger partial charge in [0.1, 0.15) is 5.82 Å². The van der Waals surface area contributed by atoms with E-state index in [4.69, 9.17) is 0 Å². The van der Waals surface area contributed by atoms with Gasteiger partial charge in [0.25, 0.3) is 0 Å². The Balaban J connectivity index is 0.00000450. The first-order chi connectivity index (χ1) is 13.3. The third-order valence-corrected chi connectivity index (χ3v) is 5.72. The van der Waals surface area contributed by atoms with E-state index in [1.54, 1.807) is 6.92 Å². The monoisotopic (exact) mass is 426 g/mol. The van der Waals surface area contributed by atoms with Crippen LogP contribution >= 0.6 is 0 Å². The number of allylic oxidation sites excluding steroid dienone is 2. The molecule has 1 aliphatic carbocycles. The second kappa shape index (κ2) is 10.4. The molecule has 1 unspecified atom stereocenters. The zero-order valence-electron chi connectivity index (χ0n) is 19.0. The van der Waals surface area contributed by atoms with E-state index in [0.29, 0.717) is 24.5 Å². The quantitative estimate of drug-likeness (QED) is 0.393. The van der Waals surface area contributed by atoms with Gasteiger partial charge in [-0.2, -0.15) is 0 Å². The molecule has 30 heavy (non-hydrogen) atoms. The van der Waals surface area contributed by atoms with Crippen LogP contribution < -0.4 is 34.7 Å². The first-order valence-electron chi connectivity index (χ1n) is 10.1. The molecular weight excluding hydrogens is 394 g/mol. The Kier molecular flexibility index (Phi) is 9.37. The van der Waals surface area contributed by atoms with Crippen LogP contribution in [0.25, 0.3) is 5.57 Å². The van der Waals surface area contributed by atoms with Crippen LogP contribution in [0.15, 0.2) is 35.6 Å². The van der Waals surface area contributed by atoms with E-state index < -0.39 is 17.8 Å². The summed E-state index contributed by atoms with van der Waals surface area (Å²) in [6.45, 7) is 10.6. The first-order valence-corrected chi connectivity index (χ1v) is 10.1. The van der Waals surface area contributed by atoms with Crippen molar-refractivity contribution in [3.05, 3.63) is 52.6 Å². The number of hydrogen-bond donors (Lipinski definition) is 2. The molecule has 0 spiro atoms. The molecule has 1 aromatic rings. The number of halogens is 1. The standard InChI is InChI=1S/C24H33FO4.Na/c1-15-10-16(6-9-21(15)25)19-13-23(2,3)14-24(4,5)20(19)8-7-17(26)11-18(27)12-22(28)29;/h6,9-10,12,17,26-27H,7-8,11,13-14H2,1-5H3,(H,28,29);/q;+1/p-1/b18-12+;. The molecule has 0 fully saturated rings. The van der Waals surface area contributed by atoms with Crippen molar-refractivity contribution in [3.63, 3.8) is 0 Å². The molecule has 0 heterocycles. The maximum Gasteiger partial charge on any atom is 1.00 e. The largest absolute Gasteiger partial charge is 1.00 e. The van der Waals surface area contributed by atoms with Crippen LogP contribution in [0.2, 0.25) is 0 Å². The van der Waals surface area contributed by atoms with Crippen molar-refractivity contribution < 1.29 is 54.1 Å². The van der Waals surface area contributed by atoms with Crippen molar-refractivity contribution in [1.82, 2.24) is 0 Å². The predicted octanol–water partition coefficient (Wildman–Crippen LogP) is 1.46. The Labute approximate surface area is 201 Å². The van der Waals surface area contributed by atoms with Gasteiger partial charge in [-0.05, 0) is 78.3 Å². The fourth-order valence-corrected chi connectivity index (χ4v) is 4.81. The van der Waals surface area contributed by atoms with Crippen molar-refractivity contribution in [2.24, 2.45) is 10.8 Å². The number of carboxylic acids is 1. The van der Waals surface area contributed by atoms with E-state index >= 15 is 0 Å². The molecule has 1 atom stereocenters.